The van der Waals surface area contributed by atoms with E-state index in [-0.39, 0.29) is 17.2 Å². The highest BCUT2D eigenvalue weighted by atomic mass is 35.5. The Kier molecular flexibility index (Phi) is 3.25. The van der Waals surface area contributed by atoms with Crippen LogP contribution >= 0.6 is 11.6 Å². The van der Waals surface area contributed by atoms with Crippen molar-refractivity contribution >= 4 is 17.9 Å². The minimum atomic E-state index is -0.658. The third kappa shape index (κ3) is 2.42. The molecule has 1 N–H and O–H groups in total. The van der Waals surface area contributed by atoms with Gasteiger partial charge in [-0.2, -0.15) is 0 Å². The van der Waals surface area contributed by atoms with Crippen LogP contribution in [-0.2, 0) is 11.2 Å². The van der Waals surface area contributed by atoms with Crippen molar-refractivity contribution in [2.75, 3.05) is 0 Å². The lowest BCUT2D eigenvalue weighted by molar-refractivity contribution is -0.107. The molecule has 0 atom stereocenters. The molecule has 1 aromatic carbocycles. The van der Waals surface area contributed by atoms with Crippen molar-refractivity contribution in [3.63, 3.8) is 0 Å². The topological polar surface area (TPSA) is 37.3 Å². The van der Waals surface area contributed by atoms with E-state index < -0.39 is 5.82 Å². The van der Waals surface area contributed by atoms with Gasteiger partial charge in [0.25, 0.3) is 0 Å². The average molecular weight is 203 g/mol. The van der Waals surface area contributed by atoms with Gasteiger partial charge in [0.05, 0.1) is 5.02 Å². The molecule has 0 aliphatic heterocycles. The predicted molar refractivity (Wildman–Crippen MR) is 47.5 cm³/mol. The number of benzene rings is 1. The highest BCUT2D eigenvalue weighted by Gasteiger charge is 2.06. The molecule has 0 saturated heterocycles. The van der Waals surface area contributed by atoms with Gasteiger partial charge in [-0.25, -0.2) is 4.39 Å². The standard InChI is InChI=1S/C9H8ClFO2/c10-7-4-6(2-1-3-12)9(13)5-8(7)11/h3-5,13H,1-2H2. The summed E-state index contributed by atoms with van der Waals surface area (Å²) in [5.41, 5.74) is 0.485. The fraction of sp³-hybridized carbons (Fsp3) is 0.222. The number of phenols is 1. The van der Waals surface area contributed by atoms with Crippen LogP contribution in [-0.4, -0.2) is 11.4 Å². The molecule has 13 heavy (non-hydrogen) atoms. The fourth-order valence-electron chi connectivity index (χ4n) is 0.992. The number of aryl methyl sites for hydroxylation is 1. The molecule has 0 aliphatic carbocycles. The Morgan fingerprint density at radius 1 is 1.54 bits per heavy atom. The second kappa shape index (κ2) is 4.23. The van der Waals surface area contributed by atoms with Crippen LogP contribution in [0.3, 0.4) is 0 Å². The van der Waals surface area contributed by atoms with Crippen LogP contribution in [0.2, 0.25) is 5.02 Å². The van der Waals surface area contributed by atoms with Crippen LogP contribution in [0.5, 0.6) is 5.75 Å². The number of hydrogen-bond acceptors (Lipinski definition) is 2. The van der Waals surface area contributed by atoms with Crippen LogP contribution < -0.4 is 0 Å². The summed E-state index contributed by atoms with van der Waals surface area (Å²) in [7, 11) is 0. The van der Waals surface area contributed by atoms with Gasteiger partial charge in [-0.1, -0.05) is 11.6 Å². The number of hydrogen-bond donors (Lipinski definition) is 1. The lowest BCUT2D eigenvalue weighted by atomic mass is 10.1. The first-order valence-corrected chi connectivity index (χ1v) is 4.13. The van der Waals surface area contributed by atoms with Gasteiger partial charge in [0.2, 0.25) is 0 Å². The van der Waals surface area contributed by atoms with Gasteiger partial charge < -0.3 is 9.90 Å². The summed E-state index contributed by atoms with van der Waals surface area (Å²) in [6, 6.07) is 2.28. The largest absolute Gasteiger partial charge is 0.508 e. The zero-order chi connectivity index (χ0) is 9.84. The van der Waals surface area contributed by atoms with Crippen LogP contribution in [0.4, 0.5) is 4.39 Å². The highest BCUT2D eigenvalue weighted by molar-refractivity contribution is 6.30. The van der Waals surface area contributed by atoms with Crippen molar-refractivity contribution < 1.29 is 14.3 Å². The Bertz CT molecular complexity index is 326. The Balaban J connectivity index is 2.94. The minimum Gasteiger partial charge on any atom is -0.508 e. The second-order valence-electron chi connectivity index (χ2n) is 2.60. The van der Waals surface area contributed by atoms with Crippen LogP contribution in [0.15, 0.2) is 12.1 Å². The number of carbonyl (C=O) groups is 1. The maximum Gasteiger partial charge on any atom is 0.145 e. The van der Waals surface area contributed by atoms with Crippen molar-refractivity contribution in [1.82, 2.24) is 0 Å². The average Bonchev–Trinajstić information content (AvgIpc) is 2.09. The van der Waals surface area contributed by atoms with Gasteiger partial charge in [-0.15, -0.1) is 0 Å². The van der Waals surface area contributed by atoms with Crippen molar-refractivity contribution in [2.45, 2.75) is 12.8 Å². The molecule has 2 nitrogen and oxygen atoms in total. The van der Waals surface area contributed by atoms with Crippen molar-refractivity contribution in [3.8, 4) is 5.75 Å². The molecule has 0 heterocycles. The van der Waals surface area contributed by atoms with Gasteiger partial charge in [0.1, 0.15) is 17.9 Å². The van der Waals surface area contributed by atoms with Gasteiger partial charge in [-0.3, -0.25) is 0 Å². The number of carbonyl (C=O) groups excluding carboxylic acids is 1. The molecule has 0 spiro atoms. The van der Waals surface area contributed by atoms with E-state index in [2.05, 4.69) is 0 Å². The van der Waals surface area contributed by atoms with E-state index in [0.717, 1.165) is 12.4 Å². The number of rotatable bonds is 3. The Hall–Kier alpha value is -1.09. The maximum absolute atomic E-state index is 12.7. The van der Waals surface area contributed by atoms with E-state index in [4.69, 9.17) is 11.6 Å². The Morgan fingerprint density at radius 2 is 2.23 bits per heavy atom. The zero-order valence-corrected chi connectivity index (χ0v) is 7.51. The maximum atomic E-state index is 12.7. The minimum absolute atomic E-state index is 0.0429. The van der Waals surface area contributed by atoms with E-state index in [1.54, 1.807) is 0 Å². The lowest BCUT2D eigenvalue weighted by Crippen LogP contribution is -1.89. The summed E-state index contributed by atoms with van der Waals surface area (Å²) >= 11 is 5.49. The summed E-state index contributed by atoms with van der Waals surface area (Å²) < 4.78 is 12.7. The van der Waals surface area contributed by atoms with Crippen LogP contribution in [0.1, 0.15) is 12.0 Å². The molecule has 0 fully saturated rings. The summed E-state index contributed by atoms with van der Waals surface area (Å²) in [4.78, 5) is 10.1. The fourth-order valence-corrected chi connectivity index (χ4v) is 1.18. The van der Waals surface area contributed by atoms with Gasteiger partial charge >= 0.3 is 0 Å². The molecular formula is C9H8ClFO2. The van der Waals surface area contributed by atoms with Gasteiger partial charge in [0, 0.05) is 12.5 Å². The zero-order valence-electron chi connectivity index (χ0n) is 6.76. The summed E-state index contributed by atoms with van der Waals surface area (Å²) in [6.45, 7) is 0. The van der Waals surface area contributed by atoms with Crippen molar-refractivity contribution in [3.05, 3.63) is 28.5 Å². The molecule has 0 bridgehead atoms. The highest BCUT2D eigenvalue weighted by Crippen LogP contribution is 2.25. The SMILES string of the molecule is O=CCCc1cc(Cl)c(F)cc1O. The first kappa shape index (κ1) is 9.99. The van der Waals surface area contributed by atoms with Gasteiger partial charge in [0.15, 0.2) is 0 Å². The molecule has 0 saturated carbocycles. The van der Waals surface area contributed by atoms with Crippen LogP contribution in [0.25, 0.3) is 0 Å². The Labute approximate surface area is 80.0 Å². The van der Waals surface area contributed by atoms with Gasteiger partial charge in [-0.05, 0) is 18.1 Å². The molecular weight excluding hydrogens is 195 g/mol. The summed E-state index contributed by atoms with van der Waals surface area (Å²) in [5, 5.41) is 9.18. The quantitative estimate of drug-likeness (QED) is 0.764. The first-order valence-electron chi connectivity index (χ1n) is 3.75. The van der Waals surface area contributed by atoms with E-state index >= 15 is 0 Å². The molecule has 0 amide bonds. The van der Waals surface area contributed by atoms with E-state index in [0.29, 0.717) is 12.0 Å². The first-order chi connectivity index (χ1) is 6.15. The molecule has 1 aromatic rings. The molecule has 0 radical (unpaired) electrons. The normalized spacial score (nSPS) is 10.0. The molecule has 0 aliphatic rings. The summed E-state index contributed by atoms with van der Waals surface area (Å²) in [5.74, 6) is -0.822. The van der Waals surface area contributed by atoms with E-state index in [1.807, 2.05) is 0 Å². The van der Waals surface area contributed by atoms with Crippen LogP contribution in [0, 0.1) is 5.82 Å². The molecule has 70 valence electrons. The number of aldehydes is 1. The second-order valence-corrected chi connectivity index (χ2v) is 3.01. The predicted octanol–water partition coefficient (Wildman–Crippen LogP) is 2.32. The molecule has 0 unspecified atom stereocenters. The number of aromatic hydroxyl groups is 1. The van der Waals surface area contributed by atoms with E-state index in [1.165, 1.54) is 6.07 Å². The summed E-state index contributed by atoms with van der Waals surface area (Å²) in [6.07, 6.45) is 1.39. The molecule has 0 aromatic heterocycles. The molecule has 1 rings (SSSR count). The monoisotopic (exact) mass is 202 g/mol. The molecule has 4 heteroatoms. The third-order valence-corrected chi connectivity index (χ3v) is 1.94. The Morgan fingerprint density at radius 3 is 2.85 bits per heavy atom. The number of phenolic OH excluding ortho intramolecular Hbond substituents is 1. The third-order valence-electron chi connectivity index (χ3n) is 1.65. The smallest absolute Gasteiger partial charge is 0.145 e. The van der Waals surface area contributed by atoms with E-state index in [9.17, 15) is 14.3 Å². The van der Waals surface area contributed by atoms with Crippen molar-refractivity contribution in [2.24, 2.45) is 0 Å². The number of halogens is 2. The lowest BCUT2D eigenvalue weighted by Gasteiger charge is -2.03. The van der Waals surface area contributed by atoms with Crippen molar-refractivity contribution in [1.29, 1.82) is 0 Å².